The summed E-state index contributed by atoms with van der Waals surface area (Å²) in [6.45, 7) is 1.99. The standard InChI is InChI=1S/C12H19N3O/c13-7-10-2-1-3-11(10)15-12(16)6-9-4-5-14-8-9/h9-11,14H,1-6,8H2,(H,15,16). The maximum atomic E-state index is 11.8. The number of hydrogen-bond acceptors (Lipinski definition) is 3. The second kappa shape index (κ2) is 5.31. The van der Waals surface area contributed by atoms with E-state index in [4.69, 9.17) is 5.26 Å². The summed E-state index contributed by atoms with van der Waals surface area (Å²) in [6, 6.07) is 2.39. The zero-order valence-electron chi connectivity index (χ0n) is 9.54. The summed E-state index contributed by atoms with van der Waals surface area (Å²) in [7, 11) is 0. The van der Waals surface area contributed by atoms with E-state index in [1.54, 1.807) is 0 Å². The largest absolute Gasteiger partial charge is 0.352 e. The number of hydrogen-bond donors (Lipinski definition) is 2. The summed E-state index contributed by atoms with van der Waals surface area (Å²) in [4.78, 5) is 11.8. The molecule has 1 aliphatic heterocycles. The van der Waals surface area contributed by atoms with Crippen molar-refractivity contribution in [2.24, 2.45) is 11.8 Å². The van der Waals surface area contributed by atoms with Crippen LogP contribution in [0.4, 0.5) is 0 Å². The quantitative estimate of drug-likeness (QED) is 0.740. The van der Waals surface area contributed by atoms with Crippen LogP contribution in [0, 0.1) is 23.2 Å². The van der Waals surface area contributed by atoms with Gasteiger partial charge in [0, 0.05) is 12.5 Å². The molecule has 4 heteroatoms. The first kappa shape index (κ1) is 11.4. The first-order valence-electron chi connectivity index (χ1n) is 6.19. The number of carbonyl (C=O) groups excluding carboxylic acids is 1. The van der Waals surface area contributed by atoms with Crippen molar-refractivity contribution in [3.8, 4) is 6.07 Å². The molecule has 88 valence electrons. The lowest BCUT2D eigenvalue weighted by Gasteiger charge is -2.16. The zero-order chi connectivity index (χ0) is 11.4. The van der Waals surface area contributed by atoms with Gasteiger partial charge in [-0.1, -0.05) is 0 Å². The van der Waals surface area contributed by atoms with Crippen molar-refractivity contribution in [1.29, 1.82) is 5.26 Å². The summed E-state index contributed by atoms with van der Waals surface area (Å²) in [6.07, 6.45) is 4.68. The van der Waals surface area contributed by atoms with E-state index in [9.17, 15) is 4.79 Å². The van der Waals surface area contributed by atoms with E-state index in [0.29, 0.717) is 12.3 Å². The van der Waals surface area contributed by atoms with Crippen LogP contribution in [0.2, 0.25) is 0 Å². The molecule has 2 aliphatic rings. The van der Waals surface area contributed by atoms with Crippen LogP contribution in [-0.4, -0.2) is 25.0 Å². The third-order valence-corrected chi connectivity index (χ3v) is 3.66. The van der Waals surface area contributed by atoms with E-state index in [2.05, 4.69) is 16.7 Å². The molecule has 1 saturated carbocycles. The number of rotatable bonds is 3. The molecule has 1 amide bonds. The molecule has 2 fully saturated rings. The molecule has 1 heterocycles. The Bertz CT molecular complexity index is 291. The van der Waals surface area contributed by atoms with Gasteiger partial charge in [-0.2, -0.15) is 5.26 Å². The van der Waals surface area contributed by atoms with Crippen LogP contribution in [0.5, 0.6) is 0 Å². The first-order chi connectivity index (χ1) is 7.79. The summed E-state index contributed by atoms with van der Waals surface area (Å²) in [5.41, 5.74) is 0. The van der Waals surface area contributed by atoms with Crippen LogP contribution >= 0.6 is 0 Å². The molecular weight excluding hydrogens is 202 g/mol. The van der Waals surface area contributed by atoms with Crippen LogP contribution in [0.1, 0.15) is 32.1 Å². The van der Waals surface area contributed by atoms with E-state index in [1.165, 1.54) is 0 Å². The van der Waals surface area contributed by atoms with Gasteiger partial charge in [-0.05, 0) is 44.7 Å². The van der Waals surface area contributed by atoms with Gasteiger partial charge in [0.2, 0.25) is 5.91 Å². The van der Waals surface area contributed by atoms with Gasteiger partial charge < -0.3 is 10.6 Å². The van der Waals surface area contributed by atoms with Gasteiger partial charge in [0.1, 0.15) is 0 Å². The lowest BCUT2D eigenvalue weighted by Crippen LogP contribution is -2.37. The summed E-state index contributed by atoms with van der Waals surface area (Å²) in [5.74, 6) is 0.647. The first-order valence-corrected chi connectivity index (χ1v) is 6.19. The highest BCUT2D eigenvalue weighted by Gasteiger charge is 2.29. The van der Waals surface area contributed by atoms with Crippen molar-refractivity contribution in [3.05, 3.63) is 0 Å². The van der Waals surface area contributed by atoms with Gasteiger partial charge in [-0.25, -0.2) is 0 Å². The Morgan fingerprint density at radius 2 is 2.31 bits per heavy atom. The van der Waals surface area contributed by atoms with Gasteiger partial charge >= 0.3 is 0 Å². The van der Waals surface area contributed by atoms with Gasteiger partial charge in [0.05, 0.1) is 12.0 Å². The third-order valence-electron chi connectivity index (χ3n) is 3.66. The Morgan fingerprint density at radius 3 is 3.00 bits per heavy atom. The van der Waals surface area contributed by atoms with Crippen LogP contribution in [-0.2, 0) is 4.79 Å². The average molecular weight is 221 g/mol. The Kier molecular flexibility index (Phi) is 3.79. The molecular formula is C12H19N3O. The molecule has 0 radical (unpaired) electrons. The van der Waals surface area contributed by atoms with Crippen molar-refractivity contribution in [1.82, 2.24) is 10.6 Å². The van der Waals surface area contributed by atoms with Crippen LogP contribution in [0.3, 0.4) is 0 Å². The van der Waals surface area contributed by atoms with Crippen molar-refractivity contribution in [3.63, 3.8) is 0 Å². The molecule has 0 spiro atoms. The lowest BCUT2D eigenvalue weighted by molar-refractivity contribution is -0.122. The molecule has 0 aromatic carbocycles. The predicted octanol–water partition coefficient (Wildman–Crippen LogP) is 0.794. The molecule has 3 unspecified atom stereocenters. The number of nitrogens with zero attached hydrogens (tertiary/aromatic N) is 1. The van der Waals surface area contributed by atoms with Crippen molar-refractivity contribution >= 4 is 5.91 Å². The Balaban J connectivity index is 1.76. The SMILES string of the molecule is N#CC1CCCC1NC(=O)CC1CCNC1. The minimum Gasteiger partial charge on any atom is -0.352 e. The van der Waals surface area contributed by atoms with E-state index in [0.717, 1.165) is 38.8 Å². The highest BCUT2D eigenvalue weighted by molar-refractivity contribution is 5.76. The maximum absolute atomic E-state index is 11.8. The van der Waals surface area contributed by atoms with Crippen molar-refractivity contribution < 1.29 is 4.79 Å². The minimum atomic E-state index is 0.0330. The Morgan fingerprint density at radius 1 is 1.44 bits per heavy atom. The number of nitriles is 1. The molecule has 0 bridgehead atoms. The van der Waals surface area contributed by atoms with Crippen LogP contribution in [0.15, 0.2) is 0 Å². The second-order valence-corrected chi connectivity index (χ2v) is 4.90. The lowest BCUT2D eigenvalue weighted by atomic mass is 10.0. The van der Waals surface area contributed by atoms with Gasteiger partial charge in [0.15, 0.2) is 0 Å². The molecule has 1 aliphatic carbocycles. The summed E-state index contributed by atoms with van der Waals surface area (Å²) in [5, 5.41) is 15.2. The molecule has 0 aromatic heterocycles. The normalized spacial score (nSPS) is 33.6. The second-order valence-electron chi connectivity index (χ2n) is 4.90. The topological polar surface area (TPSA) is 64.9 Å². The minimum absolute atomic E-state index is 0.0330. The fourth-order valence-electron chi connectivity index (χ4n) is 2.70. The van der Waals surface area contributed by atoms with E-state index in [1.807, 2.05) is 0 Å². The number of nitrogens with one attached hydrogen (secondary N) is 2. The molecule has 4 nitrogen and oxygen atoms in total. The molecule has 1 saturated heterocycles. The van der Waals surface area contributed by atoms with Gasteiger partial charge in [-0.15, -0.1) is 0 Å². The highest BCUT2D eigenvalue weighted by Crippen LogP contribution is 2.25. The van der Waals surface area contributed by atoms with Crippen LogP contribution < -0.4 is 10.6 Å². The Hall–Kier alpha value is -1.08. The highest BCUT2D eigenvalue weighted by atomic mass is 16.1. The number of carbonyl (C=O) groups is 1. The maximum Gasteiger partial charge on any atom is 0.220 e. The summed E-state index contributed by atoms with van der Waals surface area (Å²) < 4.78 is 0. The fraction of sp³-hybridized carbons (Fsp3) is 0.833. The van der Waals surface area contributed by atoms with E-state index >= 15 is 0 Å². The number of amides is 1. The fourth-order valence-corrected chi connectivity index (χ4v) is 2.70. The smallest absolute Gasteiger partial charge is 0.220 e. The van der Waals surface area contributed by atoms with E-state index in [-0.39, 0.29) is 17.9 Å². The predicted molar refractivity (Wildman–Crippen MR) is 60.5 cm³/mol. The average Bonchev–Trinajstić information content (AvgIpc) is 2.88. The van der Waals surface area contributed by atoms with Gasteiger partial charge in [-0.3, -0.25) is 4.79 Å². The monoisotopic (exact) mass is 221 g/mol. The molecule has 2 N–H and O–H groups in total. The molecule has 0 aromatic rings. The Labute approximate surface area is 96.4 Å². The molecule has 2 rings (SSSR count). The third kappa shape index (κ3) is 2.73. The van der Waals surface area contributed by atoms with Gasteiger partial charge in [0.25, 0.3) is 0 Å². The summed E-state index contributed by atoms with van der Waals surface area (Å²) >= 11 is 0. The molecule has 16 heavy (non-hydrogen) atoms. The van der Waals surface area contributed by atoms with Crippen molar-refractivity contribution in [2.75, 3.05) is 13.1 Å². The van der Waals surface area contributed by atoms with Crippen LogP contribution in [0.25, 0.3) is 0 Å². The van der Waals surface area contributed by atoms with Crippen molar-refractivity contribution in [2.45, 2.75) is 38.1 Å². The van der Waals surface area contributed by atoms with E-state index < -0.39 is 0 Å². The molecule has 3 atom stereocenters. The zero-order valence-corrected chi connectivity index (χ0v) is 9.54.